The van der Waals surface area contributed by atoms with E-state index in [0.717, 1.165) is 44.2 Å². The lowest BCUT2D eigenvalue weighted by molar-refractivity contribution is 0.415. The van der Waals surface area contributed by atoms with Gasteiger partial charge in [-0.15, -0.1) is 11.3 Å². The Morgan fingerprint density at radius 3 is 2.60 bits per heavy atom. The van der Waals surface area contributed by atoms with Crippen molar-refractivity contribution in [3.63, 3.8) is 0 Å². The van der Waals surface area contributed by atoms with E-state index in [2.05, 4.69) is 9.71 Å². The van der Waals surface area contributed by atoms with Gasteiger partial charge in [-0.05, 0) is 67.1 Å². The van der Waals surface area contributed by atoms with Crippen LogP contribution in [-0.4, -0.2) is 20.5 Å². The molecule has 30 heavy (non-hydrogen) atoms. The van der Waals surface area contributed by atoms with Crippen LogP contribution < -0.4 is 9.46 Å². The van der Waals surface area contributed by atoms with Crippen LogP contribution in [0.1, 0.15) is 5.56 Å². The zero-order valence-corrected chi connectivity index (χ0v) is 18.3. The second-order valence-electron chi connectivity index (χ2n) is 6.56. The molecule has 4 aromatic rings. The summed E-state index contributed by atoms with van der Waals surface area (Å²) in [5.41, 5.74) is 2.88. The highest BCUT2D eigenvalue weighted by Gasteiger charge is 2.18. The lowest BCUT2D eigenvalue weighted by Gasteiger charge is -2.12. The van der Waals surface area contributed by atoms with Crippen LogP contribution >= 0.6 is 22.9 Å². The van der Waals surface area contributed by atoms with E-state index >= 15 is 0 Å². The Bertz CT molecular complexity index is 1370. The minimum absolute atomic E-state index is 0.113. The Morgan fingerprint density at radius 1 is 1.10 bits per heavy atom. The minimum Gasteiger partial charge on any atom is -0.497 e. The average molecular weight is 463 g/mol. The fourth-order valence-electron chi connectivity index (χ4n) is 2.91. The van der Waals surface area contributed by atoms with Crippen molar-refractivity contribution in [1.29, 1.82) is 0 Å². The highest BCUT2D eigenvalue weighted by atomic mass is 35.5. The van der Waals surface area contributed by atoms with Crippen molar-refractivity contribution in [1.82, 2.24) is 4.98 Å². The van der Waals surface area contributed by atoms with Crippen molar-refractivity contribution in [2.24, 2.45) is 0 Å². The summed E-state index contributed by atoms with van der Waals surface area (Å²) in [5, 5.41) is 0.568. The number of anilines is 1. The van der Waals surface area contributed by atoms with Gasteiger partial charge in [-0.3, -0.25) is 4.72 Å². The summed E-state index contributed by atoms with van der Waals surface area (Å²) >= 11 is 7.24. The van der Waals surface area contributed by atoms with Gasteiger partial charge in [0, 0.05) is 5.56 Å². The fourth-order valence-corrected chi connectivity index (χ4v) is 5.31. The third-order valence-corrected chi connectivity index (χ3v) is 7.23. The van der Waals surface area contributed by atoms with Gasteiger partial charge in [0.15, 0.2) is 0 Å². The first-order chi connectivity index (χ1) is 14.3. The van der Waals surface area contributed by atoms with Crippen LogP contribution in [0.4, 0.5) is 10.1 Å². The molecule has 0 aliphatic rings. The SMILES string of the molecule is COc1ccc2nc(-c3ccc(NS(=O)(=O)c4ccc(F)c(Cl)c4)c(C)c3)sc2c1. The Balaban J connectivity index is 1.64. The molecule has 0 aliphatic carbocycles. The molecule has 0 unspecified atom stereocenters. The highest BCUT2D eigenvalue weighted by Crippen LogP contribution is 2.34. The summed E-state index contributed by atoms with van der Waals surface area (Å²) in [5.74, 6) is 0.0872. The zero-order chi connectivity index (χ0) is 21.5. The fraction of sp³-hybridized carbons (Fsp3) is 0.0952. The van der Waals surface area contributed by atoms with Crippen LogP contribution in [0.25, 0.3) is 20.8 Å². The molecular formula is C21H16ClFN2O3S2. The third kappa shape index (κ3) is 3.98. The van der Waals surface area contributed by atoms with Crippen LogP contribution in [0.15, 0.2) is 59.5 Å². The van der Waals surface area contributed by atoms with Crippen molar-refractivity contribution in [2.75, 3.05) is 11.8 Å². The summed E-state index contributed by atoms with van der Waals surface area (Å²) in [7, 11) is -2.29. The number of methoxy groups -OCH3 is 1. The number of benzene rings is 3. The maximum absolute atomic E-state index is 13.3. The molecule has 3 aromatic carbocycles. The molecule has 1 aromatic heterocycles. The van der Waals surface area contributed by atoms with Crippen LogP contribution in [0.5, 0.6) is 5.75 Å². The Kier molecular flexibility index (Phi) is 5.40. The van der Waals surface area contributed by atoms with Crippen molar-refractivity contribution in [3.8, 4) is 16.3 Å². The number of nitrogens with zero attached hydrogens (tertiary/aromatic N) is 1. The van der Waals surface area contributed by atoms with Gasteiger partial charge in [0.2, 0.25) is 0 Å². The van der Waals surface area contributed by atoms with Gasteiger partial charge in [-0.1, -0.05) is 11.6 Å². The number of hydrogen-bond donors (Lipinski definition) is 1. The monoisotopic (exact) mass is 462 g/mol. The van der Waals surface area contributed by atoms with Gasteiger partial charge >= 0.3 is 0 Å². The Hall–Kier alpha value is -2.68. The van der Waals surface area contributed by atoms with E-state index in [-0.39, 0.29) is 9.92 Å². The molecule has 0 saturated heterocycles. The van der Waals surface area contributed by atoms with Crippen LogP contribution in [-0.2, 0) is 10.0 Å². The molecule has 0 atom stereocenters. The van der Waals surface area contributed by atoms with Crippen LogP contribution in [0.2, 0.25) is 5.02 Å². The van der Waals surface area contributed by atoms with Crippen molar-refractivity contribution in [3.05, 3.63) is 71.0 Å². The molecule has 0 fully saturated rings. The number of nitrogens with one attached hydrogen (secondary N) is 1. The molecule has 0 bridgehead atoms. The molecule has 9 heteroatoms. The Morgan fingerprint density at radius 2 is 1.90 bits per heavy atom. The quantitative estimate of drug-likeness (QED) is 0.402. The average Bonchev–Trinajstić information content (AvgIpc) is 3.14. The molecule has 0 amide bonds. The third-order valence-electron chi connectivity index (χ3n) is 4.51. The summed E-state index contributed by atoms with van der Waals surface area (Å²) in [6.45, 7) is 1.80. The number of aryl methyl sites for hydroxylation is 1. The van der Waals surface area contributed by atoms with Crippen molar-refractivity contribution >= 4 is 48.9 Å². The molecule has 5 nitrogen and oxygen atoms in total. The van der Waals surface area contributed by atoms with E-state index in [1.807, 2.05) is 24.3 Å². The predicted molar refractivity (Wildman–Crippen MR) is 119 cm³/mol. The number of hydrogen-bond acceptors (Lipinski definition) is 5. The standard InChI is InChI=1S/C21H16ClFN2O3S2/c1-12-9-13(21-24-19-8-4-14(28-2)10-20(19)29-21)3-7-18(12)25-30(26,27)15-5-6-17(23)16(22)11-15/h3-11,25H,1-2H3. The van der Waals surface area contributed by atoms with E-state index in [4.69, 9.17) is 16.3 Å². The van der Waals surface area contributed by atoms with Gasteiger partial charge in [0.25, 0.3) is 10.0 Å². The number of halogens is 2. The molecule has 1 N–H and O–H groups in total. The van der Waals surface area contributed by atoms with E-state index in [0.29, 0.717) is 5.69 Å². The second-order valence-corrected chi connectivity index (χ2v) is 9.68. The number of fused-ring (bicyclic) bond motifs is 1. The largest absolute Gasteiger partial charge is 0.497 e. The molecule has 0 aliphatic heterocycles. The smallest absolute Gasteiger partial charge is 0.261 e. The number of sulfonamides is 1. The summed E-state index contributed by atoms with van der Waals surface area (Å²) in [4.78, 5) is 4.53. The van der Waals surface area contributed by atoms with Gasteiger partial charge in [0.1, 0.15) is 16.6 Å². The zero-order valence-electron chi connectivity index (χ0n) is 15.9. The predicted octanol–water partition coefficient (Wildman–Crippen LogP) is 5.87. The summed E-state index contributed by atoms with van der Waals surface area (Å²) in [6, 6.07) is 14.3. The van der Waals surface area contributed by atoms with Crippen molar-refractivity contribution in [2.45, 2.75) is 11.8 Å². The maximum atomic E-state index is 13.3. The minimum atomic E-state index is -3.91. The number of rotatable bonds is 5. The molecular weight excluding hydrogens is 447 g/mol. The van der Waals surface area contributed by atoms with E-state index < -0.39 is 15.8 Å². The molecule has 1 heterocycles. The topological polar surface area (TPSA) is 68.3 Å². The van der Waals surface area contributed by atoms with Gasteiger partial charge in [-0.25, -0.2) is 17.8 Å². The lowest BCUT2D eigenvalue weighted by Crippen LogP contribution is -2.14. The maximum Gasteiger partial charge on any atom is 0.261 e. The first kappa shape index (κ1) is 20.6. The van der Waals surface area contributed by atoms with Crippen LogP contribution in [0, 0.1) is 12.7 Å². The highest BCUT2D eigenvalue weighted by molar-refractivity contribution is 7.92. The number of ether oxygens (including phenoxy) is 1. The van der Waals surface area contributed by atoms with E-state index in [1.165, 1.54) is 17.4 Å². The Labute approximate surface area is 182 Å². The van der Waals surface area contributed by atoms with Gasteiger partial charge in [-0.2, -0.15) is 0 Å². The number of aromatic nitrogens is 1. The van der Waals surface area contributed by atoms with Gasteiger partial charge < -0.3 is 4.74 Å². The molecule has 0 spiro atoms. The van der Waals surface area contributed by atoms with Crippen molar-refractivity contribution < 1.29 is 17.5 Å². The lowest BCUT2D eigenvalue weighted by atomic mass is 10.1. The number of thiazole rings is 1. The van der Waals surface area contributed by atoms with E-state index in [9.17, 15) is 12.8 Å². The van der Waals surface area contributed by atoms with Crippen LogP contribution in [0.3, 0.4) is 0 Å². The first-order valence-corrected chi connectivity index (χ1v) is 11.5. The molecule has 0 saturated carbocycles. The summed E-state index contributed by atoms with van der Waals surface area (Å²) < 4.78 is 47.4. The molecule has 4 rings (SSSR count). The van der Waals surface area contributed by atoms with E-state index in [1.54, 1.807) is 26.2 Å². The molecule has 154 valence electrons. The van der Waals surface area contributed by atoms with Gasteiger partial charge in [0.05, 0.1) is 32.9 Å². The second kappa shape index (κ2) is 7.86. The molecule has 0 radical (unpaired) electrons. The summed E-state index contributed by atoms with van der Waals surface area (Å²) in [6.07, 6.45) is 0. The first-order valence-electron chi connectivity index (χ1n) is 8.80. The normalized spacial score (nSPS) is 11.6.